The van der Waals surface area contributed by atoms with Crippen LogP contribution in [0.4, 0.5) is 0 Å². The molecule has 0 heterocycles. The van der Waals surface area contributed by atoms with Gasteiger partial charge < -0.3 is 24.6 Å². The van der Waals surface area contributed by atoms with Gasteiger partial charge in [0.1, 0.15) is 12.2 Å². The van der Waals surface area contributed by atoms with Gasteiger partial charge in [-0.25, -0.2) is 4.57 Å². The molecule has 0 fully saturated rings. The number of carbonyl (C=O) groups is 1. The first-order chi connectivity index (χ1) is 26.3. The second-order valence-corrected chi connectivity index (χ2v) is 16.2. The van der Waals surface area contributed by atoms with Gasteiger partial charge in [0.25, 0.3) is 0 Å². The number of unbranched alkanes of at least 4 members (excludes halogenated alkanes) is 22. The third-order valence-corrected chi connectivity index (χ3v) is 10.2. The zero-order chi connectivity index (χ0) is 39.6. The minimum absolute atomic E-state index is 0.0422. The molecule has 10 heteroatoms. The van der Waals surface area contributed by atoms with Gasteiger partial charge in [-0.15, -0.1) is 0 Å². The minimum atomic E-state index is -4.52. The van der Waals surface area contributed by atoms with E-state index in [2.05, 4.69) is 50.3 Å². The number of aliphatic hydroxyl groups is 2. The van der Waals surface area contributed by atoms with Crippen LogP contribution in [0.3, 0.4) is 0 Å². The van der Waals surface area contributed by atoms with Crippen LogP contribution in [0.5, 0.6) is 0 Å². The van der Waals surface area contributed by atoms with Crippen LogP contribution in [-0.2, 0) is 27.9 Å². The van der Waals surface area contributed by atoms with Gasteiger partial charge in [0, 0.05) is 13.0 Å². The monoisotopic (exact) mass is 787 g/mol. The molecule has 0 rings (SSSR count). The van der Waals surface area contributed by atoms with Crippen molar-refractivity contribution in [2.75, 3.05) is 33.0 Å². The number of esters is 1. The van der Waals surface area contributed by atoms with E-state index in [1.54, 1.807) is 0 Å². The van der Waals surface area contributed by atoms with Gasteiger partial charge >= 0.3 is 13.8 Å². The van der Waals surface area contributed by atoms with Crippen molar-refractivity contribution in [1.82, 2.24) is 0 Å². The Morgan fingerprint density at radius 3 is 1.54 bits per heavy atom. The van der Waals surface area contributed by atoms with E-state index < -0.39 is 39.2 Å². The van der Waals surface area contributed by atoms with Gasteiger partial charge in [-0.1, -0.05) is 153 Å². The number of carbonyl (C=O) groups excluding carboxylic acids is 1. The van der Waals surface area contributed by atoms with E-state index in [1.807, 2.05) is 0 Å². The SMILES string of the molecule is CCCCC/C=C\C/C=C\CCCCCCCC(=O)OC(COCCCCCCCCCC/C=C\CCCCCCCC)COP(=O)(O)OCC(O)CO. The number of rotatable bonds is 42. The summed E-state index contributed by atoms with van der Waals surface area (Å²) < 4.78 is 33.4. The van der Waals surface area contributed by atoms with Crippen LogP contribution in [0.2, 0.25) is 0 Å². The van der Waals surface area contributed by atoms with E-state index >= 15 is 0 Å². The molecule has 318 valence electrons. The summed E-state index contributed by atoms with van der Waals surface area (Å²) in [7, 11) is -4.52. The number of hydrogen-bond acceptors (Lipinski definition) is 8. The summed E-state index contributed by atoms with van der Waals surface area (Å²) in [5.74, 6) is -0.397. The van der Waals surface area contributed by atoms with E-state index in [-0.39, 0.29) is 19.6 Å². The maximum absolute atomic E-state index is 12.6. The fourth-order valence-corrected chi connectivity index (χ4v) is 6.70. The molecule has 3 atom stereocenters. The lowest BCUT2D eigenvalue weighted by atomic mass is 10.1. The van der Waals surface area contributed by atoms with Crippen molar-refractivity contribution in [3.8, 4) is 0 Å². The van der Waals surface area contributed by atoms with Gasteiger partial charge in [-0.3, -0.25) is 13.8 Å². The molecule has 0 saturated carbocycles. The molecule has 0 aliphatic rings. The van der Waals surface area contributed by atoms with Crippen LogP contribution in [0.1, 0.15) is 194 Å². The summed E-state index contributed by atoms with van der Waals surface area (Å²) in [6.45, 7) is 3.47. The van der Waals surface area contributed by atoms with E-state index in [9.17, 15) is 19.4 Å². The third-order valence-electron chi connectivity index (χ3n) is 9.30. The van der Waals surface area contributed by atoms with Crippen molar-refractivity contribution in [1.29, 1.82) is 0 Å². The Balaban J connectivity index is 4.18. The van der Waals surface area contributed by atoms with Crippen molar-refractivity contribution in [2.45, 2.75) is 206 Å². The maximum atomic E-state index is 12.6. The Morgan fingerprint density at radius 2 is 1.00 bits per heavy atom. The van der Waals surface area contributed by atoms with Crippen molar-refractivity contribution in [3.63, 3.8) is 0 Å². The van der Waals surface area contributed by atoms with Gasteiger partial charge in [-0.2, -0.15) is 0 Å². The molecule has 3 unspecified atom stereocenters. The molecule has 0 amide bonds. The van der Waals surface area contributed by atoms with E-state index in [4.69, 9.17) is 23.6 Å². The third kappa shape index (κ3) is 40.3. The highest BCUT2D eigenvalue weighted by Crippen LogP contribution is 2.43. The van der Waals surface area contributed by atoms with Gasteiger partial charge in [0.05, 0.1) is 26.4 Å². The second kappa shape index (κ2) is 41.3. The first-order valence-corrected chi connectivity index (χ1v) is 23.5. The standard InChI is InChI=1S/C44H83O9P/c1-3-5-7-9-11-13-15-17-19-20-21-23-25-27-29-31-33-35-37-50-40-43(41-52-54(48,49)51-39-42(46)38-45)53-44(47)36-34-32-30-28-26-24-22-18-16-14-12-10-8-6-4-2/h12,14,17-19,22,42-43,45-46H,3-11,13,15-16,20-21,23-41H2,1-2H3,(H,48,49)/b14-12-,19-17-,22-18-. The molecular weight excluding hydrogens is 703 g/mol. The Morgan fingerprint density at radius 1 is 0.574 bits per heavy atom. The largest absolute Gasteiger partial charge is 0.472 e. The predicted molar refractivity (Wildman–Crippen MR) is 224 cm³/mol. The molecule has 0 aliphatic carbocycles. The van der Waals surface area contributed by atoms with Crippen LogP contribution in [0.15, 0.2) is 36.5 Å². The van der Waals surface area contributed by atoms with E-state index in [0.717, 1.165) is 57.8 Å². The van der Waals surface area contributed by atoms with Crippen molar-refractivity contribution in [3.05, 3.63) is 36.5 Å². The predicted octanol–water partition coefficient (Wildman–Crippen LogP) is 12.0. The average Bonchev–Trinajstić information content (AvgIpc) is 3.16. The molecule has 0 saturated heterocycles. The van der Waals surface area contributed by atoms with Crippen LogP contribution >= 0.6 is 7.82 Å². The smallest absolute Gasteiger partial charge is 0.457 e. The van der Waals surface area contributed by atoms with Crippen LogP contribution in [0.25, 0.3) is 0 Å². The maximum Gasteiger partial charge on any atom is 0.472 e. The Kier molecular flexibility index (Phi) is 40.3. The molecule has 0 aromatic carbocycles. The number of phosphoric acid groups is 1. The first kappa shape index (κ1) is 52.7. The average molecular weight is 787 g/mol. The lowest BCUT2D eigenvalue weighted by Crippen LogP contribution is -2.29. The summed E-state index contributed by atoms with van der Waals surface area (Å²) in [5.41, 5.74) is 0. The van der Waals surface area contributed by atoms with Gasteiger partial charge in [0.15, 0.2) is 0 Å². The van der Waals surface area contributed by atoms with Crippen molar-refractivity contribution in [2.24, 2.45) is 0 Å². The van der Waals surface area contributed by atoms with Crippen LogP contribution in [-0.4, -0.2) is 66.3 Å². The normalized spacial score (nSPS) is 14.4. The van der Waals surface area contributed by atoms with E-state index in [1.165, 1.54) is 109 Å². The number of hydrogen-bond donors (Lipinski definition) is 3. The fourth-order valence-electron chi connectivity index (χ4n) is 5.91. The van der Waals surface area contributed by atoms with Crippen molar-refractivity contribution < 1.29 is 43.0 Å². The molecule has 0 radical (unpaired) electrons. The van der Waals surface area contributed by atoms with Gasteiger partial charge in [-0.05, 0) is 70.6 Å². The molecule has 0 aliphatic heterocycles. The molecule has 3 N–H and O–H groups in total. The fraction of sp³-hybridized carbons (Fsp3) is 0.841. The minimum Gasteiger partial charge on any atom is -0.457 e. The topological polar surface area (TPSA) is 132 Å². The zero-order valence-corrected chi connectivity index (χ0v) is 35.6. The molecule has 0 bridgehead atoms. The molecule has 0 aromatic heterocycles. The lowest BCUT2D eigenvalue weighted by Gasteiger charge is -2.20. The molecule has 0 aromatic rings. The second-order valence-electron chi connectivity index (χ2n) is 14.7. The number of phosphoric ester groups is 1. The molecule has 0 spiro atoms. The highest BCUT2D eigenvalue weighted by molar-refractivity contribution is 7.47. The Bertz CT molecular complexity index is 939. The van der Waals surface area contributed by atoms with E-state index in [0.29, 0.717) is 13.0 Å². The molecule has 9 nitrogen and oxygen atoms in total. The summed E-state index contributed by atoms with van der Waals surface area (Å²) >= 11 is 0. The van der Waals surface area contributed by atoms with Crippen LogP contribution < -0.4 is 0 Å². The van der Waals surface area contributed by atoms with Crippen LogP contribution in [0, 0.1) is 0 Å². The molecular formula is C44H83O9P. The first-order valence-electron chi connectivity index (χ1n) is 22.0. The number of ether oxygens (including phenoxy) is 2. The quantitative estimate of drug-likeness (QED) is 0.0239. The lowest BCUT2D eigenvalue weighted by molar-refractivity contribution is -0.154. The number of aliphatic hydroxyl groups excluding tert-OH is 2. The van der Waals surface area contributed by atoms with Gasteiger partial charge in [0.2, 0.25) is 0 Å². The Hall–Kier alpha value is -1.32. The summed E-state index contributed by atoms with van der Waals surface area (Å²) in [4.78, 5) is 22.6. The number of allylic oxidation sites excluding steroid dienone is 6. The summed E-state index contributed by atoms with van der Waals surface area (Å²) in [6.07, 6.45) is 43.8. The summed E-state index contributed by atoms with van der Waals surface area (Å²) in [6, 6.07) is 0. The highest BCUT2D eigenvalue weighted by atomic mass is 31.2. The van der Waals surface area contributed by atoms with Crippen molar-refractivity contribution >= 4 is 13.8 Å². The molecule has 54 heavy (non-hydrogen) atoms. The summed E-state index contributed by atoms with van der Waals surface area (Å²) in [5, 5.41) is 18.3. The zero-order valence-electron chi connectivity index (χ0n) is 34.7. The highest BCUT2D eigenvalue weighted by Gasteiger charge is 2.26. The Labute approximate surface area is 331 Å².